The van der Waals surface area contributed by atoms with Crippen molar-refractivity contribution in [3.63, 3.8) is 0 Å². The lowest BCUT2D eigenvalue weighted by Crippen LogP contribution is -2.50. The normalized spacial score (nSPS) is 25.8. The minimum Gasteiger partial charge on any atom is -0.394 e. The number of aryl methyl sites for hydroxylation is 1. The summed E-state index contributed by atoms with van der Waals surface area (Å²) in [6.07, 6.45) is 6.27. The molecule has 3 atom stereocenters. The number of aliphatic hydroxyl groups is 2. The summed E-state index contributed by atoms with van der Waals surface area (Å²) in [5.41, 5.74) is -0.250. The molecular weight excluding hydrogens is 456 g/mol. The van der Waals surface area contributed by atoms with Crippen LogP contribution < -0.4 is 4.72 Å². The molecule has 2 aromatic rings. The molecule has 1 saturated carbocycles. The molecule has 0 radical (unpaired) electrons. The van der Waals surface area contributed by atoms with Gasteiger partial charge in [0.2, 0.25) is 10.0 Å². The summed E-state index contributed by atoms with van der Waals surface area (Å²) in [7, 11) is -3.75. The highest BCUT2D eigenvalue weighted by Gasteiger charge is 2.36. The molecule has 3 N–H and O–H groups in total. The lowest BCUT2D eigenvalue weighted by molar-refractivity contribution is -0.0891. The lowest BCUT2D eigenvalue weighted by atomic mass is 9.98. The fourth-order valence-corrected chi connectivity index (χ4v) is 5.90. The maximum atomic E-state index is 12.7. The maximum Gasteiger partial charge on any atom is 0.240 e. The second-order valence-electron chi connectivity index (χ2n) is 8.63. The third-order valence-electron chi connectivity index (χ3n) is 6.35. The first-order valence-corrected chi connectivity index (χ1v) is 12.8. The molecule has 11 heteroatoms. The zero-order valence-electron chi connectivity index (χ0n) is 17.7. The van der Waals surface area contributed by atoms with Crippen LogP contribution in [0.5, 0.6) is 0 Å². The van der Waals surface area contributed by atoms with Crippen LogP contribution in [0.15, 0.2) is 35.4 Å². The van der Waals surface area contributed by atoms with Gasteiger partial charge in [-0.05, 0) is 56.4 Å². The van der Waals surface area contributed by atoms with Gasteiger partial charge < -0.3 is 14.9 Å². The van der Waals surface area contributed by atoms with Crippen molar-refractivity contribution in [2.75, 3.05) is 6.61 Å². The van der Waals surface area contributed by atoms with E-state index >= 15 is 0 Å². The van der Waals surface area contributed by atoms with Crippen LogP contribution in [-0.4, -0.2) is 58.5 Å². The van der Waals surface area contributed by atoms with Gasteiger partial charge >= 0.3 is 0 Å². The molecule has 1 saturated heterocycles. The molecule has 0 spiro atoms. The van der Waals surface area contributed by atoms with Crippen molar-refractivity contribution in [1.29, 1.82) is 0 Å². The summed E-state index contributed by atoms with van der Waals surface area (Å²) in [6, 6.07) is 5.41. The molecule has 2 fully saturated rings. The fourth-order valence-electron chi connectivity index (χ4n) is 4.47. The van der Waals surface area contributed by atoms with Crippen LogP contribution in [0.4, 0.5) is 0 Å². The number of ether oxygens (including phenoxy) is 1. The third kappa shape index (κ3) is 5.32. The number of nitrogens with one attached hydrogen (secondary N) is 1. The van der Waals surface area contributed by atoms with Crippen molar-refractivity contribution in [1.82, 2.24) is 19.7 Å². The Hall–Kier alpha value is -1.56. The Bertz CT molecular complexity index is 1010. The van der Waals surface area contributed by atoms with Gasteiger partial charge in [0.15, 0.2) is 0 Å². The monoisotopic (exact) mass is 484 g/mol. The van der Waals surface area contributed by atoms with E-state index in [1.54, 1.807) is 10.9 Å². The van der Waals surface area contributed by atoms with Crippen molar-refractivity contribution < 1.29 is 23.4 Å². The molecule has 0 unspecified atom stereocenters. The molecule has 1 aliphatic heterocycles. The van der Waals surface area contributed by atoms with E-state index in [1.165, 1.54) is 24.3 Å². The first-order chi connectivity index (χ1) is 15.3. The highest BCUT2D eigenvalue weighted by molar-refractivity contribution is 7.89. The van der Waals surface area contributed by atoms with E-state index in [2.05, 4.69) is 15.0 Å². The summed E-state index contributed by atoms with van der Waals surface area (Å²) in [5, 5.41) is 29.2. The summed E-state index contributed by atoms with van der Waals surface area (Å²) >= 11 is 5.84. The SMILES string of the molecule is O=S(=O)(N[C@@H]1CC[C@@H](CCn2cc(C3(O)CCCC3)nn2)O[C@@H]1CO)c1ccc(Cl)cc1. The second-order valence-corrected chi connectivity index (χ2v) is 10.8. The van der Waals surface area contributed by atoms with Crippen molar-refractivity contribution in [3.05, 3.63) is 41.2 Å². The number of halogens is 1. The van der Waals surface area contributed by atoms with Gasteiger partial charge in [0.1, 0.15) is 11.3 Å². The molecule has 1 aromatic heterocycles. The Morgan fingerprint density at radius 3 is 2.62 bits per heavy atom. The standard InChI is InChI=1S/C21H29ClN4O5S/c22-15-3-6-17(7-4-15)32(29,30)24-18-8-5-16(31-19(18)14-27)9-12-26-13-20(23-25-26)21(28)10-1-2-11-21/h3-4,6-7,13,16,18-19,24,27-28H,1-2,5,8-12,14H2/t16-,18+,19+/m0/s1. The first kappa shape index (κ1) is 23.6. The van der Waals surface area contributed by atoms with Crippen molar-refractivity contribution in [2.24, 2.45) is 0 Å². The number of aromatic nitrogens is 3. The van der Waals surface area contributed by atoms with E-state index in [1.807, 2.05) is 0 Å². The van der Waals surface area contributed by atoms with E-state index in [4.69, 9.17) is 16.3 Å². The number of hydrogen-bond donors (Lipinski definition) is 3. The van der Waals surface area contributed by atoms with Crippen LogP contribution in [0.3, 0.4) is 0 Å². The highest BCUT2D eigenvalue weighted by Crippen LogP contribution is 2.37. The van der Waals surface area contributed by atoms with Crippen molar-refractivity contribution >= 4 is 21.6 Å². The molecule has 9 nitrogen and oxygen atoms in total. The zero-order valence-corrected chi connectivity index (χ0v) is 19.3. The topological polar surface area (TPSA) is 127 Å². The van der Waals surface area contributed by atoms with Crippen LogP contribution in [0.25, 0.3) is 0 Å². The summed E-state index contributed by atoms with van der Waals surface area (Å²) in [4.78, 5) is 0.117. The van der Waals surface area contributed by atoms with E-state index in [-0.39, 0.29) is 17.6 Å². The number of hydrogen-bond acceptors (Lipinski definition) is 7. The summed E-state index contributed by atoms with van der Waals surface area (Å²) < 4.78 is 35.7. The number of rotatable bonds is 8. The molecule has 1 aromatic carbocycles. The van der Waals surface area contributed by atoms with Crippen LogP contribution in [0, 0.1) is 0 Å². The van der Waals surface area contributed by atoms with Gasteiger partial charge in [0, 0.05) is 11.6 Å². The second kappa shape index (κ2) is 9.74. The van der Waals surface area contributed by atoms with Crippen LogP contribution >= 0.6 is 11.6 Å². The fraction of sp³-hybridized carbons (Fsp3) is 0.619. The van der Waals surface area contributed by atoms with Gasteiger partial charge in [-0.1, -0.05) is 29.7 Å². The van der Waals surface area contributed by atoms with Crippen LogP contribution in [0.2, 0.25) is 5.02 Å². The van der Waals surface area contributed by atoms with E-state index in [0.717, 1.165) is 12.8 Å². The first-order valence-electron chi connectivity index (χ1n) is 11.0. The predicted octanol–water partition coefficient (Wildman–Crippen LogP) is 1.97. The average molecular weight is 485 g/mol. The Labute approximate surface area is 192 Å². The Kier molecular flexibility index (Phi) is 7.18. The summed E-state index contributed by atoms with van der Waals surface area (Å²) in [6.45, 7) is 0.276. The largest absolute Gasteiger partial charge is 0.394 e. The molecule has 2 aliphatic rings. The Balaban J connectivity index is 1.32. The number of benzene rings is 1. The predicted molar refractivity (Wildman–Crippen MR) is 118 cm³/mol. The van der Waals surface area contributed by atoms with Gasteiger partial charge in [-0.15, -0.1) is 5.10 Å². The minimum atomic E-state index is -3.75. The molecule has 176 valence electrons. The quantitative estimate of drug-likeness (QED) is 0.522. The molecule has 1 aliphatic carbocycles. The molecule has 4 rings (SSSR count). The smallest absolute Gasteiger partial charge is 0.240 e. The van der Waals surface area contributed by atoms with Gasteiger partial charge in [-0.2, -0.15) is 0 Å². The zero-order chi connectivity index (χ0) is 22.8. The van der Waals surface area contributed by atoms with Gasteiger partial charge in [-0.25, -0.2) is 13.1 Å². The number of aliphatic hydroxyl groups excluding tert-OH is 1. The van der Waals surface area contributed by atoms with E-state index < -0.39 is 27.8 Å². The van der Waals surface area contributed by atoms with Crippen LogP contribution in [-0.2, 0) is 26.9 Å². The van der Waals surface area contributed by atoms with Gasteiger partial charge in [0.05, 0.1) is 35.9 Å². The number of nitrogens with zero attached hydrogens (tertiary/aromatic N) is 3. The molecule has 0 amide bonds. The molecule has 32 heavy (non-hydrogen) atoms. The van der Waals surface area contributed by atoms with Crippen molar-refractivity contribution in [3.8, 4) is 0 Å². The Morgan fingerprint density at radius 1 is 1.22 bits per heavy atom. The van der Waals surface area contributed by atoms with Gasteiger partial charge in [0.25, 0.3) is 0 Å². The van der Waals surface area contributed by atoms with E-state index in [0.29, 0.717) is 49.4 Å². The summed E-state index contributed by atoms with van der Waals surface area (Å²) in [5.74, 6) is 0. The minimum absolute atomic E-state index is 0.117. The van der Waals surface area contributed by atoms with Crippen LogP contribution in [0.1, 0.15) is 50.6 Å². The van der Waals surface area contributed by atoms with Gasteiger partial charge in [-0.3, -0.25) is 4.68 Å². The van der Waals surface area contributed by atoms with Crippen molar-refractivity contribution in [2.45, 2.75) is 80.2 Å². The highest BCUT2D eigenvalue weighted by atomic mass is 35.5. The molecule has 2 heterocycles. The maximum absolute atomic E-state index is 12.7. The molecular formula is C21H29ClN4O5S. The third-order valence-corrected chi connectivity index (χ3v) is 8.11. The average Bonchev–Trinajstić information content (AvgIpc) is 3.43. The molecule has 0 bridgehead atoms. The Morgan fingerprint density at radius 2 is 1.94 bits per heavy atom. The number of sulfonamides is 1. The van der Waals surface area contributed by atoms with E-state index in [9.17, 15) is 18.6 Å². The lowest BCUT2D eigenvalue weighted by Gasteiger charge is -2.36.